The fourth-order valence-electron chi connectivity index (χ4n) is 4.52. The molecule has 1 atom stereocenters. The lowest BCUT2D eigenvalue weighted by atomic mass is 9.85. The number of likely N-dealkylation sites (tertiary alicyclic amines) is 2. The fourth-order valence-corrected chi connectivity index (χ4v) is 4.52. The van der Waals surface area contributed by atoms with E-state index in [1.165, 1.54) is 16.3 Å². The zero-order valence-electron chi connectivity index (χ0n) is 14.5. The standard InChI is InChI=1S/C21H26N2O/c1-2-12-23-14-11-21(20(23)24)10-13-22(16-21)15-18-8-5-7-17-6-3-4-9-19(17)18/h3-9H,2,10-16H2,1H3. The van der Waals surface area contributed by atoms with Gasteiger partial charge in [0.1, 0.15) is 0 Å². The second-order valence-electron chi connectivity index (χ2n) is 7.42. The zero-order valence-corrected chi connectivity index (χ0v) is 14.5. The van der Waals surface area contributed by atoms with Crippen LogP contribution in [0.15, 0.2) is 42.5 Å². The average Bonchev–Trinajstić information content (AvgIpc) is 3.15. The highest BCUT2D eigenvalue weighted by Crippen LogP contribution is 2.41. The maximum atomic E-state index is 12.8. The van der Waals surface area contributed by atoms with E-state index in [0.717, 1.165) is 52.0 Å². The van der Waals surface area contributed by atoms with E-state index >= 15 is 0 Å². The van der Waals surface area contributed by atoms with Crippen LogP contribution in [0.2, 0.25) is 0 Å². The van der Waals surface area contributed by atoms with Crippen molar-refractivity contribution in [1.82, 2.24) is 9.80 Å². The second-order valence-corrected chi connectivity index (χ2v) is 7.42. The van der Waals surface area contributed by atoms with Crippen LogP contribution in [0.1, 0.15) is 31.7 Å². The maximum absolute atomic E-state index is 12.8. The van der Waals surface area contributed by atoms with Crippen LogP contribution in [0.25, 0.3) is 10.8 Å². The lowest BCUT2D eigenvalue weighted by Gasteiger charge is -2.24. The van der Waals surface area contributed by atoms with Crippen LogP contribution in [0.4, 0.5) is 0 Å². The van der Waals surface area contributed by atoms with E-state index in [9.17, 15) is 4.79 Å². The van der Waals surface area contributed by atoms with Gasteiger partial charge in [0, 0.05) is 26.2 Å². The Kier molecular flexibility index (Phi) is 4.05. The first kappa shape index (κ1) is 15.6. The third-order valence-electron chi connectivity index (χ3n) is 5.80. The van der Waals surface area contributed by atoms with Crippen molar-refractivity contribution in [2.75, 3.05) is 26.2 Å². The van der Waals surface area contributed by atoms with Gasteiger partial charge in [-0.15, -0.1) is 0 Å². The Labute approximate surface area is 144 Å². The molecular weight excluding hydrogens is 296 g/mol. The van der Waals surface area contributed by atoms with Crippen molar-refractivity contribution in [3.05, 3.63) is 48.0 Å². The van der Waals surface area contributed by atoms with Gasteiger partial charge in [-0.3, -0.25) is 9.69 Å². The predicted octanol–water partition coefficient (Wildman–Crippen LogP) is 3.67. The Morgan fingerprint density at radius 2 is 1.83 bits per heavy atom. The number of fused-ring (bicyclic) bond motifs is 1. The van der Waals surface area contributed by atoms with Gasteiger partial charge in [0.05, 0.1) is 5.41 Å². The highest BCUT2D eigenvalue weighted by molar-refractivity contribution is 5.86. The van der Waals surface area contributed by atoms with Gasteiger partial charge in [-0.25, -0.2) is 0 Å². The molecule has 2 aliphatic heterocycles. The summed E-state index contributed by atoms with van der Waals surface area (Å²) in [6, 6.07) is 15.1. The summed E-state index contributed by atoms with van der Waals surface area (Å²) in [5, 5.41) is 2.64. The molecule has 1 unspecified atom stereocenters. The summed E-state index contributed by atoms with van der Waals surface area (Å²) in [5.74, 6) is 0.407. The van der Waals surface area contributed by atoms with Crippen LogP contribution < -0.4 is 0 Å². The third kappa shape index (κ3) is 2.61. The van der Waals surface area contributed by atoms with E-state index in [4.69, 9.17) is 0 Å². The number of hydrogen-bond donors (Lipinski definition) is 0. The summed E-state index contributed by atoms with van der Waals surface area (Å²) < 4.78 is 0. The molecule has 3 nitrogen and oxygen atoms in total. The van der Waals surface area contributed by atoms with Crippen molar-refractivity contribution in [2.24, 2.45) is 5.41 Å². The molecule has 24 heavy (non-hydrogen) atoms. The Balaban J connectivity index is 1.51. The van der Waals surface area contributed by atoms with Crippen LogP contribution in [-0.2, 0) is 11.3 Å². The Hall–Kier alpha value is -1.87. The summed E-state index contributed by atoms with van der Waals surface area (Å²) in [6.45, 7) is 6.94. The average molecular weight is 322 g/mol. The summed E-state index contributed by atoms with van der Waals surface area (Å²) >= 11 is 0. The molecule has 0 aromatic heterocycles. The van der Waals surface area contributed by atoms with E-state index in [-0.39, 0.29) is 5.41 Å². The topological polar surface area (TPSA) is 23.6 Å². The molecule has 0 N–H and O–H groups in total. The normalized spacial score (nSPS) is 24.5. The number of benzene rings is 2. The minimum atomic E-state index is -0.0975. The molecule has 2 fully saturated rings. The molecule has 0 aliphatic carbocycles. The smallest absolute Gasteiger partial charge is 0.230 e. The van der Waals surface area contributed by atoms with Gasteiger partial charge in [-0.1, -0.05) is 49.4 Å². The molecule has 3 heteroatoms. The molecule has 1 spiro atoms. The quantitative estimate of drug-likeness (QED) is 0.857. The first-order valence-electron chi connectivity index (χ1n) is 9.20. The number of amides is 1. The molecule has 1 amide bonds. The molecule has 2 aromatic rings. The molecule has 2 aromatic carbocycles. The van der Waals surface area contributed by atoms with Crippen molar-refractivity contribution in [2.45, 2.75) is 32.7 Å². The summed E-state index contributed by atoms with van der Waals surface area (Å²) in [6.07, 6.45) is 3.12. The van der Waals surface area contributed by atoms with Crippen LogP contribution in [0, 0.1) is 5.41 Å². The number of carbonyl (C=O) groups is 1. The second kappa shape index (κ2) is 6.21. The molecule has 126 valence electrons. The Morgan fingerprint density at radius 1 is 1.04 bits per heavy atom. The largest absolute Gasteiger partial charge is 0.342 e. The van der Waals surface area contributed by atoms with E-state index < -0.39 is 0 Å². The highest BCUT2D eigenvalue weighted by Gasteiger charge is 2.50. The first-order chi connectivity index (χ1) is 11.7. The molecule has 4 rings (SSSR count). The molecule has 0 radical (unpaired) electrons. The van der Waals surface area contributed by atoms with Crippen LogP contribution in [0.3, 0.4) is 0 Å². The monoisotopic (exact) mass is 322 g/mol. The Bertz CT molecular complexity index is 751. The predicted molar refractivity (Wildman–Crippen MR) is 97.8 cm³/mol. The minimum absolute atomic E-state index is 0.0975. The molecule has 0 bridgehead atoms. The van der Waals surface area contributed by atoms with Gasteiger partial charge >= 0.3 is 0 Å². The fraction of sp³-hybridized carbons (Fsp3) is 0.476. The molecule has 0 saturated carbocycles. The first-order valence-corrected chi connectivity index (χ1v) is 9.20. The SMILES string of the molecule is CCCN1CCC2(CCN(Cc3cccc4ccccc34)C2)C1=O. The Morgan fingerprint density at radius 3 is 2.71 bits per heavy atom. The van der Waals surface area contributed by atoms with Gasteiger partial charge in [0.15, 0.2) is 0 Å². The third-order valence-corrected chi connectivity index (χ3v) is 5.80. The van der Waals surface area contributed by atoms with Crippen LogP contribution in [-0.4, -0.2) is 41.9 Å². The lowest BCUT2D eigenvalue weighted by Crippen LogP contribution is -2.37. The molecule has 2 aliphatic rings. The van der Waals surface area contributed by atoms with Gasteiger partial charge in [0.25, 0.3) is 0 Å². The van der Waals surface area contributed by atoms with Crippen molar-refractivity contribution in [3.8, 4) is 0 Å². The van der Waals surface area contributed by atoms with Crippen LogP contribution in [0.5, 0.6) is 0 Å². The van der Waals surface area contributed by atoms with E-state index in [2.05, 4.69) is 59.2 Å². The highest BCUT2D eigenvalue weighted by atomic mass is 16.2. The summed E-state index contributed by atoms with van der Waals surface area (Å²) in [5.41, 5.74) is 1.28. The van der Waals surface area contributed by atoms with Gasteiger partial charge in [-0.2, -0.15) is 0 Å². The number of nitrogens with zero attached hydrogens (tertiary/aromatic N) is 2. The summed E-state index contributed by atoms with van der Waals surface area (Å²) in [7, 11) is 0. The minimum Gasteiger partial charge on any atom is -0.342 e. The van der Waals surface area contributed by atoms with E-state index in [1.54, 1.807) is 0 Å². The van der Waals surface area contributed by atoms with Gasteiger partial charge < -0.3 is 4.90 Å². The summed E-state index contributed by atoms with van der Waals surface area (Å²) in [4.78, 5) is 17.4. The maximum Gasteiger partial charge on any atom is 0.230 e. The molecule has 2 heterocycles. The van der Waals surface area contributed by atoms with Crippen LogP contribution >= 0.6 is 0 Å². The van der Waals surface area contributed by atoms with Crippen molar-refractivity contribution in [3.63, 3.8) is 0 Å². The van der Waals surface area contributed by atoms with E-state index in [0.29, 0.717) is 5.91 Å². The van der Waals surface area contributed by atoms with Crippen molar-refractivity contribution >= 4 is 16.7 Å². The lowest BCUT2D eigenvalue weighted by molar-refractivity contribution is -0.135. The molecule has 2 saturated heterocycles. The number of hydrogen-bond acceptors (Lipinski definition) is 2. The number of rotatable bonds is 4. The van der Waals surface area contributed by atoms with Crippen molar-refractivity contribution in [1.29, 1.82) is 0 Å². The number of carbonyl (C=O) groups excluding carboxylic acids is 1. The zero-order chi connectivity index (χ0) is 16.6. The van der Waals surface area contributed by atoms with Gasteiger partial charge in [0.2, 0.25) is 5.91 Å². The van der Waals surface area contributed by atoms with Crippen molar-refractivity contribution < 1.29 is 4.79 Å². The van der Waals surface area contributed by atoms with E-state index in [1.807, 2.05) is 0 Å². The van der Waals surface area contributed by atoms with Gasteiger partial charge in [-0.05, 0) is 42.1 Å². The molecular formula is C21H26N2O.